The molecule has 2 heterocycles. The van der Waals surface area contributed by atoms with E-state index in [1.54, 1.807) is 11.8 Å². The molecular formula is C12H23N5O3S3. The van der Waals surface area contributed by atoms with Crippen LogP contribution in [-0.4, -0.2) is 46.8 Å². The van der Waals surface area contributed by atoms with Crippen LogP contribution in [0.25, 0.3) is 0 Å². The lowest BCUT2D eigenvalue weighted by molar-refractivity contribution is -0.141. The van der Waals surface area contributed by atoms with Crippen LogP contribution in [0.15, 0.2) is 0 Å². The highest BCUT2D eigenvalue weighted by atomic mass is 33.1. The van der Waals surface area contributed by atoms with E-state index in [-0.39, 0.29) is 12.6 Å². The van der Waals surface area contributed by atoms with Gasteiger partial charge < -0.3 is 20.7 Å². The molecule has 2 rings (SSSR count). The molecule has 1 aromatic heterocycles. The lowest BCUT2D eigenvalue weighted by Gasteiger charge is -2.10. The molecule has 3 N–H and O–H groups in total. The van der Waals surface area contributed by atoms with Crippen molar-refractivity contribution in [3.63, 3.8) is 0 Å². The Hall–Kier alpha value is -1.20. The number of anilines is 1. The van der Waals surface area contributed by atoms with Crippen LogP contribution in [-0.2, 0) is 15.1 Å². The minimum atomic E-state index is -0.478. The van der Waals surface area contributed by atoms with Gasteiger partial charge in [0.2, 0.25) is 5.13 Å². The summed E-state index contributed by atoms with van der Waals surface area (Å²) in [7, 11) is 0. The van der Waals surface area contributed by atoms with Gasteiger partial charge in [-0.05, 0) is 13.8 Å². The van der Waals surface area contributed by atoms with Crippen LogP contribution in [0.3, 0.4) is 0 Å². The molecule has 132 valence electrons. The van der Waals surface area contributed by atoms with Gasteiger partial charge in [0.05, 0.1) is 13.2 Å². The Morgan fingerprint density at radius 2 is 2.04 bits per heavy atom. The Morgan fingerprint density at radius 3 is 2.52 bits per heavy atom. The van der Waals surface area contributed by atoms with E-state index in [0.717, 1.165) is 0 Å². The summed E-state index contributed by atoms with van der Waals surface area (Å²) in [5.74, 6) is -0.459. The van der Waals surface area contributed by atoms with Gasteiger partial charge in [-0.1, -0.05) is 25.2 Å². The number of rotatable bonds is 4. The highest BCUT2D eigenvalue weighted by Crippen LogP contribution is 2.43. The third kappa shape index (κ3) is 6.07. The summed E-state index contributed by atoms with van der Waals surface area (Å²) in [4.78, 5) is 24.5. The minimum absolute atomic E-state index is 0.141. The maximum Gasteiger partial charge on any atom is 0.325 e. The summed E-state index contributed by atoms with van der Waals surface area (Å²) in [6.07, 6.45) is 0. The van der Waals surface area contributed by atoms with E-state index < -0.39 is 11.5 Å². The van der Waals surface area contributed by atoms with Crippen molar-refractivity contribution in [2.24, 2.45) is 0 Å². The monoisotopic (exact) mass is 381 g/mol. The van der Waals surface area contributed by atoms with Crippen LogP contribution in [0, 0.1) is 0 Å². The second-order valence-corrected chi connectivity index (χ2v) is 5.28. The molecule has 0 bridgehead atoms. The number of nitrogens with two attached hydrogens (primary N) is 1. The van der Waals surface area contributed by atoms with Crippen molar-refractivity contribution in [1.29, 1.82) is 0 Å². The number of carbonyl (C=O) groups excluding carboxylic acids is 2. The molecule has 0 radical (unpaired) electrons. The Labute approximate surface area is 150 Å². The zero-order valence-corrected chi connectivity index (χ0v) is 16.2. The van der Waals surface area contributed by atoms with Gasteiger partial charge in [0, 0.05) is 0 Å². The molecule has 11 heteroatoms. The number of thiol groups is 2. The number of esters is 1. The molecule has 0 saturated carbocycles. The fourth-order valence-corrected chi connectivity index (χ4v) is 2.41. The molecule has 23 heavy (non-hydrogen) atoms. The van der Waals surface area contributed by atoms with Gasteiger partial charge in [-0.15, -0.1) is 33.5 Å². The van der Waals surface area contributed by atoms with Gasteiger partial charge in [-0.3, -0.25) is 4.79 Å². The van der Waals surface area contributed by atoms with Crippen molar-refractivity contribution in [3.8, 4) is 0 Å². The molecule has 1 unspecified atom stereocenters. The number of hydrogen-bond donors (Lipinski definition) is 4. The first-order valence-corrected chi connectivity index (χ1v) is 9.39. The van der Waals surface area contributed by atoms with Gasteiger partial charge in [0.25, 0.3) is 0 Å². The zero-order valence-electron chi connectivity index (χ0n) is 13.6. The van der Waals surface area contributed by atoms with E-state index in [2.05, 4.69) is 38.8 Å². The molecule has 1 aliphatic heterocycles. The lowest BCUT2D eigenvalue weighted by Crippen LogP contribution is -2.35. The van der Waals surface area contributed by atoms with Crippen LogP contribution in [0.1, 0.15) is 32.7 Å². The Bertz CT molecular complexity index is 514. The number of nitrogens with one attached hydrogen (secondary N) is 1. The molecular weight excluding hydrogens is 358 g/mol. The van der Waals surface area contributed by atoms with Gasteiger partial charge in [0.15, 0.2) is 0 Å². The van der Waals surface area contributed by atoms with E-state index in [4.69, 9.17) is 10.5 Å². The zero-order chi connectivity index (χ0) is 18.0. The summed E-state index contributed by atoms with van der Waals surface area (Å²) in [6.45, 7) is 8.26. The van der Waals surface area contributed by atoms with Gasteiger partial charge in [0.1, 0.15) is 17.1 Å². The first kappa shape index (κ1) is 21.8. The smallest absolute Gasteiger partial charge is 0.325 e. The van der Waals surface area contributed by atoms with E-state index in [1.807, 2.05) is 20.8 Å². The average molecular weight is 382 g/mol. The SMILES string of the molecule is CC.CCOC(=O)CNC(=O)N1CC1(C)c1nnc(N)s1.SS. The fourth-order valence-electron chi connectivity index (χ4n) is 1.66. The molecule has 0 aliphatic carbocycles. The van der Waals surface area contributed by atoms with E-state index >= 15 is 0 Å². The van der Waals surface area contributed by atoms with Crippen LogP contribution < -0.4 is 11.1 Å². The number of amides is 2. The van der Waals surface area contributed by atoms with E-state index in [0.29, 0.717) is 23.3 Å². The van der Waals surface area contributed by atoms with Crippen LogP contribution in [0.2, 0.25) is 0 Å². The number of aromatic nitrogens is 2. The van der Waals surface area contributed by atoms with Crippen LogP contribution in [0.5, 0.6) is 0 Å². The predicted octanol–water partition coefficient (Wildman–Crippen LogP) is 1.71. The van der Waals surface area contributed by atoms with E-state index in [1.165, 1.54) is 11.3 Å². The molecule has 1 aromatic rings. The van der Waals surface area contributed by atoms with Gasteiger partial charge in [-0.2, -0.15) is 0 Å². The second-order valence-electron chi connectivity index (χ2n) is 4.27. The lowest BCUT2D eigenvalue weighted by atomic mass is 10.2. The number of carbonyl (C=O) groups is 2. The number of ether oxygens (including phenoxy) is 1. The minimum Gasteiger partial charge on any atom is -0.465 e. The predicted molar refractivity (Wildman–Crippen MR) is 97.7 cm³/mol. The molecule has 1 saturated heterocycles. The summed E-state index contributed by atoms with van der Waals surface area (Å²) < 4.78 is 4.72. The first-order chi connectivity index (χ1) is 11.0. The van der Waals surface area contributed by atoms with E-state index in [9.17, 15) is 9.59 Å². The largest absolute Gasteiger partial charge is 0.465 e. The van der Waals surface area contributed by atoms with Gasteiger partial charge >= 0.3 is 12.0 Å². The second kappa shape index (κ2) is 10.6. The molecule has 8 nitrogen and oxygen atoms in total. The summed E-state index contributed by atoms with van der Waals surface area (Å²) in [5, 5.41) is 11.2. The highest BCUT2D eigenvalue weighted by Gasteiger charge is 2.55. The fraction of sp³-hybridized carbons (Fsp3) is 0.667. The normalized spacial score (nSPS) is 17.9. The van der Waals surface area contributed by atoms with Crippen molar-refractivity contribution in [3.05, 3.63) is 5.01 Å². The van der Waals surface area contributed by atoms with Crippen molar-refractivity contribution < 1.29 is 14.3 Å². The maximum absolute atomic E-state index is 11.8. The molecule has 1 fully saturated rings. The maximum atomic E-state index is 11.8. The standard InChI is InChI=1S/C10H15N5O3S.C2H6.H2S2/c1-3-18-6(16)4-12-9(17)15-5-10(15,2)7-13-14-8(11)19-7;2*1-2/h3-5H2,1-2H3,(H2,11,14)(H,12,17);1-2H3;1-2H. The van der Waals surface area contributed by atoms with Gasteiger partial charge in [-0.25, -0.2) is 4.79 Å². The third-order valence-corrected chi connectivity index (χ3v) is 3.80. The quantitative estimate of drug-likeness (QED) is 0.274. The van der Waals surface area contributed by atoms with Crippen molar-refractivity contribution in [2.75, 3.05) is 25.4 Å². The molecule has 0 aromatic carbocycles. The average Bonchev–Trinajstić information content (AvgIpc) is 3.06. The number of nitrogens with zero attached hydrogens (tertiary/aromatic N) is 3. The van der Waals surface area contributed by atoms with Crippen LogP contribution in [0.4, 0.5) is 9.93 Å². The topological polar surface area (TPSA) is 110 Å². The molecule has 0 spiro atoms. The number of nitrogen functional groups attached to an aromatic ring is 1. The number of urea groups is 1. The van der Waals surface area contributed by atoms with Crippen LogP contribution >= 0.6 is 34.7 Å². The van der Waals surface area contributed by atoms with Crippen molar-refractivity contribution in [1.82, 2.24) is 20.4 Å². The van der Waals surface area contributed by atoms with Crippen molar-refractivity contribution in [2.45, 2.75) is 33.2 Å². The summed E-state index contributed by atoms with van der Waals surface area (Å²) in [5.41, 5.74) is 5.04. The molecule has 2 amide bonds. The highest BCUT2D eigenvalue weighted by molar-refractivity contribution is 8.59. The summed E-state index contributed by atoms with van der Waals surface area (Å²) in [6, 6.07) is -0.329. The Kier molecular flexibility index (Phi) is 10.0. The Morgan fingerprint density at radius 1 is 1.43 bits per heavy atom. The summed E-state index contributed by atoms with van der Waals surface area (Å²) >= 11 is 7.70. The van der Waals surface area contributed by atoms with Crippen molar-refractivity contribution >= 4 is 51.8 Å². The first-order valence-electron chi connectivity index (χ1n) is 6.98. The molecule has 1 aliphatic rings. The Balaban J connectivity index is 0.00000112. The number of hydrogen-bond acceptors (Lipinski definition) is 9. The molecule has 1 atom stereocenters. The third-order valence-electron chi connectivity index (χ3n) is 2.79.